The fourth-order valence-corrected chi connectivity index (χ4v) is 2.53. The Labute approximate surface area is 106 Å². The minimum atomic E-state index is 0.379. The molecule has 1 atom stereocenters. The van der Waals surface area contributed by atoms with Gasteiger partial charge < -0.3 is 4.90 Å². The molecule has 0 fully saturated rings. The van der Waals surface area contributed by atoms with Crippen molar-refractivity contribution in [3.8, 4) is 6.07 Å². The van der Waals surface area contributed by atoms with E-state index in [-0.39, 0.29) is 0 Å². The number of aromatic nitrogens is 1. The summed E-state index contributed by atoms with van der Waals surface area (Å²) >= 11 is 0. The Bertz CT molecular complexity index is 628. The van der Waals surface area contributed by atoms with Crippen LogP contribution in [-0.4, -0.2) is 11.0 Å². The van der Waals surface area contributed by atoms with E-state index < -0.39 is 0 Å². The first kappa shape index (κ1) is 10.8. The molecule has 0 saturated heterocycles. The molecule has 88 valence electrons. The SMILES string of the molecule is CC1Cc2ccccc2N1c1cc(C#N)ccn1. The van der Waals surface area contributed by atoms with E-state index in [0.717, 1.165) is 12.2 Å². The number of nitrogens with zero attached hydrogens (tertiary/aromatic N) is 3. The zero-order valence-electron chi connectivity index (χ0n) is 10.2. The maximum Gasteiger partial charge on any atom is 0.134 e. The second kappa shape index (κ2) is 4.15. The van der Waals surface area contributed by atoms with Gasteiger partial charge in [-0.2, -0.15) is 5.26 Å². The molecule has 1 aromatic heterocycles. The van der Waals surface area contributed by atoms with Crippen LogP contribution in [0.5, 0.6) is 0 Å². The molecule has 3 nitrogen and oxygen atoms in total. The van der Waals surface area contributed by atoms with Crippen LogP contribution in [0.4, 0.5) is 11.5 Å². The predicted molar refractivity (Wildman–Crippen MR) is 70.7 cm³/mol. The van der Waals surface area contributed by atoms with Gasteiger partial charge in [0.15, 0.2) is 0 Å². The number of hydrogen-bond acceptors (Lipinski definition) is 3. The topological polar surface area (TPSA) is 39.9 Å². The Morgan fingerprint density at radius 3 is 3.00 bits per heavy atom. The standard InChI is InChI=1S/C15H13N3/c1-11-8-13-4-2-3-5-14(13)18(11)15-9-12(10-16)6-7-17-15/h2-7,9,11H,8H2,1H3. The first-order chi connectivity index (χ1) is 8.79. The van der Waals surface area contributed by atoms with Crippen molar-refractivity contribution in [1.82, 2.24) is 4.98 Å². The van der Waals surface area contributed by atoms with E-state index in [9.17, 15) is 0 Å². The van der Waals surface area contributed by atoms with Crippen LogP contribution in [0.1, 0.15) is 18.1 Å². The van der Waals surface area contributed by atoms with Crippen LogP contribution in [0.2, 0.25) is 0 Å². The van der Waals surface area contributed by atoms with Gasteiger partial charge in [0.25, 0.3) is 0 Å². The summed E-state index contributed by atoms with van der Waals surface area (Å²) in [6.45, 7) is 2.18. The monoisotopic (exact) mass is 235 g/mol. The number of pyridine rings is 1. The van der Waals surface area contributed by atoms with E-state index in [2.05, 4.69) is 41.1 Å². The highest BCUT2D eigenvalue weighted by molar-refractivity contribution is 5.69. The molecule has 1 aliphatic rings. The van der Waals surface area contributed by atoms with E-state index in [4.69, 9.17) is 5.26 Å². The van der Waals surface area contributed by atoms with E-state index in [0.29, 0.717) is 11.6 Å². The predicted octanol–water partition coefficient (Wildman–Crippen LogP) is 3.04. The van der Waals surface area contributed by atoms with Crippen LogP contribution in [-0.2, 0) is 6.42 Å². The van der Waals surface area contributed by atoms with Crippen molar-refractivity contribution in [1.29, 1.82) is 5.26 Å². The second-order valence-corrected chi connectivity index (χ2v) is 4.57. The van der Waals surface area contributed by atoms with Crippen LogP contribution in [0.15, 0.2) is 42.6 Å². The van der Waals surface area contributed by atoms with Crippen molar-refractivity contribution in [3.05, 3.63) is 53.7 Å². The second-order valence-electron chi connectivity index (χ2n) is 4.57. The number of hydrogen-bond donors (Lipinski definition) is 0. The fourth-order valence-electron chi connectivity index (χ4n) is 2.53. The number of benzene rings is 1. The molecule has 1 aromatic carbocycles. The highest BCUT2D eigenvalue weighted by Crippen LogP contribution is 2.37. The number of para-hydroxylation sites is 1. The summed E-state index contributed by atoms with van der Waals surface area (Å²) in [5, 5.41) is 8.97. The third kappa shape index (κ3) is 1.63. The molecule has 3 heteroatoms. The van der Waals surface area contributed by atoms with Gasteiger partial charge in [0.05, 0.1) is 11.6 Å². The molecular formula is C15H13N3. The molecule has 18 heavy (non-hydrogen) atoms. The molecule has 0 bridgehead atoms. The van der Waals surface area contributed by atoms with Crippen LogP contribution in [0, 0.1) is 11.3 Å². The van der Waals surface area contributed by atoms with Gasteiger partial charge in [-0.1, -0.05) is 18.2 Å². The lowest BCUT2D eigenvalue weighted by Crippen LogP contribution is -2.24. The maximum atomic E-state index is 8.97. The van der Waals surface area contributed by atoms with Crippen LogP contribution >= 0.6 is 0 Å². The largest absolute Gasteiger partial charge is 0.323 e. The number of anilines is 2. The Morgan fingerprint density at radius 2 is 2.17 bits per heavy atom. The number of fused-ring (bicyclic) bond motifs is 1. The smallest absolute Gasteiger partial charge is 0.134 e. The minimum Gasteiger partial charge on any atom is -0.323 e. The van der Waals surface area contributed by atoms with Gasteiger partial charge in [0, 0.05) is 17.9 Å². The van der Waals surface area contributed by atoms with Gasteiger partial charge in [-0.05, 0) is 37.1 Å². The zero-order chi connectivity index (χ0) is 12.5. The van der Waals surface area contributed by atoms with Crippen molar-refractivity contribution in [2.45, 2.75) is 19.4 Å². The average Bonchev–Trinajstić information content (AvgIpc) is 2.74. The Balaban J connectivity index is 2.09. The molecule has 0 amide bonds. The quantitative estimate of drug-likeness (QED) is 0.762. The van der Waals surface area contributed by atoms with E-state index in [1.165, 1.54) is 11.3 Å². The summed E-state index contributed by atoms with van der Waals surface area (Å²) in [6, 6.07) is 14.5. The van der Waals surface area contributed by atoms with E-state index in [1.807, 2.05) is 12.1 Å². The number of rotatable bonds is 1. The van der Waals surface area contributed by atoms with Crippen LogP contribution in [0.25, 0.3) is 0 Å². The molecule has 3 rings (SSSR count). The third-order valence-electron chi connectivity index (χ3n) is 3.33. The van der Waals surface area contributed by atoms with Gasteiger partial charge in [-0.15, -0.1) is 0 Å². The van der Waals surface area contributed by atoms with Gasteiger partial charge in [-0.3, -0.25) is 0 Å². The summed E-state index contributed by atoms with van der Waals surface area (Å²) in [4.78, 5) is 6.60. The number of nitriles is 1. The lowest BCUT2D eigenvalue weighted by molar-refractivity contribution is 0.750. The molecule has 0 saturated carbocycles. The van der Waals surface area contributed by atoms with E-state index >= 15 is 0 Å². The van der Waals surface area contributed by atoms with Gasteiger partial charge >= 0.3 is 0 Å². The van der Waals surface area contributed by atoms with Crippen molar-refractivity contribution < 1.29 is 0 Å². The molecule has 1 aliphatic heterocycles. The fraction of sp³-hybridized carbons (Fsp3) is 0.200. The van der Waals surface area contributed by atoms with Crippen molar-refractivity contribution in [3.63, 3.8) is 0 Å². The van der Waals surface area contributed by atoms with Crippen LogP contribution < -0.4 is 4.90 Å². The molecule has 2 heterocycles. The van der Waals surface area contributed by atoms with Crippen molar-refractivity contribution in [2.24, 2.45) is 0 Å². The molecule has 0 radical (unpaired) electrons. The summed E-state index contributed by atoms with van der Waals surface area (Å²) < 4.78 is 0. The van der Waals surface area contributed by atoms with E-state index in [1.54, 1.807) is 12.3 Å². The first-order valence-electron chi connectivity index (χ1n) is 6.03. The van der Waals surface area contributed by atoms with Crippen molar-refractivity contribution >= 4 is 11.5 Å². The Hall–Kier alpha value is -2.34. The molecule has 0 spiro atoms. The summed E-state index contributed by atoms with van der Waals surface area (Å²) in [5.74, 6) is 0.853. The summed E-state index contributed by atoms with van der Waals surface area (Å²) in [6.07, 6.45) is 2.72. The molecule has 1 unspecified atom stereocenters. The summed E-state index contributed by atoms with van der Waals surface area (Å²) in [5.41, 5.74) is 3.19. The third-order valence-corrected chi connectivity index (χ3v) is 3.33. The minimum absolute atomic E-state index is 0.379. The van der Waals surface area contributed by atoms with Gasteiger partial charge in [-0.25, -0.2) is 4.98 Å². The van der Waals surface area contributed by atoms with Crippen LogP contribution in [0.3, 0.4) is 0 Å². The lowest BCUT2D eigenvalue weighted by Gasteiger charge is -2.23. The highest BCUT2D eigenvalue weighted by Gasteiger charge is 2.27. The molecular weight excluding hydrogens is 222 g/mol. The van der Waals surface area contributed by atoms with Gasteiger partial charge in [0.2, 0.25) is 0 Å². The summed E-state index contributed by atoms with van der Waals surface area (Å²) in [7, 11) is 0. The average molecular weight is 235 g/mol. The first-order valence-corrected chi connectivity index (χ1v) is 6.03. The maximum absolute atomic E-state index is 8.97. The lowest BCUT2D eigenvalue weighted by atomic mass is 10.1. The zero-order valence-corrected chi connectivity index (χ0v) is 10.2. The molecule has 0 aliphatic carbocycles. The Kier molecular flexibility index (Phi) is 2.49. The van der Waals surface area contributed by atoms with Gasteiger partial charge in [0.1, 0.15) is 5.82 Å². The normalized spacial score (nSPS) is 17.3. The Morgan fingerprint density at radius 1 is 1.33 bits per heavy atom. The van der Waals surface area contributed by atoms with Crippen molar-refractivity contribution in [2.75, 3.05) is 4.90 Å². The molecule has 0 N–H and O–H groups in total. The highest BCUT2D eigenvalue weighted by atomic mass is 15.2. The molecule has 2 aromatic rings.